The smallest absolute Gasteiger partial charge is 0.496 e. The quantitative estimate of drug-likeness (QED) is 0.429. The molecule has 0 aliphatic rings. The lowest BCUT2D eigenvalue weighted by molar-refractivity contribution is 0.417. The standard InChI is InChI=1S/C15H11BO7/c17-8-3-1-7(2-4-8)12-6-10(19)13-9(18)5-11(20)14(16(21)22)15(13)23-12/h1-6,17-18,20-22H. The Morgan fingerprint density at radius 3 is 2.17 bits per heavy atom. The normalized spacial score (nSPS) is 10.9. The third kappa shape index (κ3) is 2.50. The summed E-state index contributed by atoms with van der Waals surface area (Å²) in [6.45, 7) is 0. The van der Waals surface area contributed by atoms with E-state index in [0.29, 0.717) is 5.56 Å². The summed E-state index contributed by atoms with van der Waals surface area (Å²) in [6.07, 6.45) is 0. The van der Waals surface area contributed by atoms with Gasteiger partial charge in [-0.05, 0) is 24.3 Å². The maximum atomic E-state index is 12.2. The van der Waals surface area contributed by atoms with E-state index in [1.165, 1.54) is 24.3 Å². The van der Waals surface area contributed by atoms with Crippen molar-refractivity contribution in [2.45, 2.75) is 0 Å². The SMILES string of the molecule is O=c1cc(-c2ccc(O)cc2)oc2c(B(O)O)c(O)cc(O)c12. The number of fused-ring (bicyclic) bond motifs is 1. The highest BCUT2D eigenvalue weighted by atomic mass is 16.4. The zero-order valence-corrected chi connectivity index (χ0v) is 11.6. The van der Waals surface area contributed by atoms with Crippen molar-refractivity contribution >= 4 is 23.6 Å². The predicted octanol–water partition coefficient (Wildman–Crippen LogP) is 0.257. The second-order valence-electron chi connectivity index (χ2n) is 4.93. The Hall–Kier alpha value is -2.97. The van der Waals surface area contributed by atoms with Crippen LogP contribution in [-0.4, -0.2) is 32.5 Å². The fourth-order valence-corrected chi connectivity index (χ4v) is 2.34. The van der Waals surface area contributed by atoms with Crippen molar-refractivity contribution in [1.82, 2.24) is 0 Å². The molecule has 116 valence electrons. The van der Waals surface area contributed by atoms with E-state index in [-0.39, 0.29) is 22.5 Å². The van der Waals surface area contributed by atoms with Crippen LogP contribution in [0.5, 0.6) is 17.2 Å². The van der Waals surface area contributed by atoms with Crippen molar-refractivity contribution in [3.63, 3.8) is 0 Å². The van der Waals surface area contributed by atoms with Gasteiger partial charge in [0.1, 0.15) is 34.0 Å². The summed E-state index contributed by atoms with van der Waals surface area (Å²) in [4.78, 5) is 12.2. The summed E-state index contributed by atoms with van der Waals surface area (Å²) in [7, 11) is -2.10. The van der Waals surface area contributed by atoms with Crippen molar-refractivity contribution < 1.29 is 29.8 Å². The van der Waals surface area contributed by atoms with Crippen molar-refractivity contribution in [3.8, 4) is 28.6 Å². The zero-order valence-electron chi connectivity index (χ0n) is 11.6. The molecule has 0 saturated heterocycles. The summed E-state index contributed by atoms with van der Waals surface area (Å²) >= 11 is 0. The summed E-state index contributed by atoms with van der Waals surface area (Å²) in [5.41, 5.74) is -0.916. The summed E-state index contributed by atoms with van der Waals surface area (Å²) in [5, 5.41) is 47.4. The van der Waals surface area contributed by atoms with Gasteiger partial charge in [-0.1, -0.05) is 0 Å². The van der Waals surface area contributed by atoms with E-state index in [9.17, 15) is 30.2 Å². The summed E-state index contributed by atoms with van der Waals surface area (Å²) in [6, 6.07) is 7.74. The van der Waals surface area contributed by atoms with Gasteiger partial charge in [-0.15, -0.1) is 0 Å². The molecule has 1 heterocycles. The molecule has 7 nitrogen and oxygen atoms in total. The number of benzene rings is 2. The number of rotatable bonds is 2. The molecular weight excluding hydrogens is 303 g/mol. The highest BCUT2D eigenvalue weighted by Gasteiger charge is 2.25. The zero-order chi connectivity index (χ0) is 16.7. The Morgan fingerprint density at radius 2 is 1.57 bits per heavy atom. The van der Waals surface area contributed by atoms with Gasteiger partial charge in [0.2, 0.25) is 0 Å². The minimum absolute atomic E-state index is 0.0265. The summed E-state index contributed by atoms with van der Waals surface area (Å²) in [5.74, 6) is -1.04. The molecule has 23 heavy (non-hydrogen) atoms. The number of hydrogen-bond acceptors (Lipinski definition) is 7. The Morgan fingerprint density at radius 1 is 0.913 bits per heavy atom. The Bertz CT molecular complexity index is 945. The maximum Gasteiger partial charge on any atom is 0.496 e. The van der Waals surface area contributed by atoms with Crippen LogP contribution in [0.1, 0.15) is 0 Å². The lowest BCUT2D eigenvalue weighted by atomic mass is 9.78. The molecule has 0 fully saturated rings. The molecule has 0 aliphatic heterocycles. The highest BCUT2D eigenvalue weighted by Crippen LogP contribution is 2.29. The Balaban J connectivity index is 2.38. The van der Waals surface area contributed by atoms with Gasteiger partial charge >= 0.3 is 7.12 Å². The second kappa shape index (κ2) is 5.34. The second-order valence-corrected chi connectivity index (χ2v) is 4.93. The first-order valence-corrected chi connectivity index (χ1v) is 6.56. The lowest BCUT2D eigenvalue weighted by Gasteiger charge is -2.10. The first kappa shape index (κ1) is 15.0. The minimum Gasteiger partial charge on any atom is -0.508 e. The molecule has 2 aromatic carbocycles. The van der Waals surface area contributed by atoms with Crippen LogP contribution >= 0.6 is 0 Å². The number of phenolic OH excluding ortho intramolecular Hbond substituents is 3. The van der Waals surface area contributed by atoms with Crippen molar-refractivity contribution in [1.29, 1.82) is 0 Å². The third-order valence-corrected chi connectivity index (χ3v) is 3.41. The molecule has 5 N–H and O–H groups in total. The fraction of sp³-hybridized carbons (Fsp3) is 0. The molecule has 3 aromatic rings. The molecule has 0 aliphatic carbocycles. The van der Waals surface area contributed by atoms with E-state index in [0.717, 1.165) is 12.1 Å². The first-order valence-electron chi connectivity index (χ1n) is 6.56. The molecule has 0 saturated carbocycles. The van der Waals surface area contributed by atoms with Crippen LogP contribution in [0.25, 0.3) is 22.3 Å². The molecule has 1 aromatic heterocycles. The van der Waals surface area contributed by atoms with E-state index >= 15 is 0 Å². The van der Waals surface area contributed by atoms with Crippen LogP contribution in [0.3, 0.4) is 0 Å². The van der Waals surface area contributed by atoms with Crippen LogP contribution in [0, 0.1) is 0 Å². The molecule has 0 spiro atoms. The van der Waals surface area contributed by atoms with Crippen molar-refractivity contribution in [2.75, 3.05) is 0 Å². The van der Waals surface area contributed by atoms with E-state index in [1.54, 1.807) is 0 Å². The van der Waals surface area contributed by atoms with E-state index < -0.39 is 29.5 Å². The van der Waals surface area contributed by atoms with Crippen molar-refractivity contribution in [3.05, 3.63) is 46.6 Å². The molecule has 3 rings (SSSR count). The summed E-state index contributed by atoms with van der Waals surface area (Å²) < 4.78 is 5.50. The average Bonchev–Trinajstić information content (AvgIpc) is 2.46. The van der Waals surface area contributed by atoms with Crippen molar-refractivity contribution in [2.24, 2.45) is 0 Å². The van der Waals surface area contributed by atoms with Crippen LogP contribution < -0.4 is 10.9 Å². The molecule has 0 amide bonds. The Kier molecular flexibility index (Phi) is 3.47. The molecule has 0 bridgehead atoms. The molecule has 0 radical (unpaired) electrons. The van der Waals surface area contributed by atoms with Gasteiger partial charge in [0.15, 0.2) is 5.43 Å². The number of hydrogen-bond donors (Lipinski definition) is 5. The third-order valence-electron chi connectivity index (χ3n) is 3.41. The van der Waals surface area contributed by atoms with Gasteiger partial charge in [-0.2, -0.15) is 0 Å². The highest BCUT2D eigenvalue weighted by molar-refractivity contribution is 6.62. The van der Waals surface area contributed by atoms with Crippen LogP contribution in [-0.2, 0) is 0 Å². The minimum atomic E-state index is -2.10. The van der Waals surface area contributed by atoms with Gasteiger partial charge in [0.25, 0.3) is 0 Å². The predicted molar refractivity (Wildman–Crippen MR) is 82.7 cm³/mol. The average molecular weight is 314 g/mol. The Labute approximate surface area is 129 Å². The molecule has 0 unspecified atom stereocenters. The topological polar surface area (TPSA) is 131 Å². The van der Waals surface area contributed by atoms with Gasteiger partial charge in [0.05, 0.1) is 5.46 Å². The maximum absolute atomic E-state index is 12.2. The van der Waals surface area contributed by atoms with E-state index in [4.69, 9.17) is 4.42 Å². The molecule has 8 heteroatoms. The van der Waals surface area contributed by atoms with Gasteiger partial charge < -0.3 is 29.8 Å². The van der Waals surface area contributed by atoms with Crippen LogP contribution in [0.4, 0.5) is 0 Å². The number of aromatic hydroxyl groups is 3. The largest absolute Gasteiger partial charge is 0.508 e. The first-order chi connectivity index (χ1) is 10.9. The molecular formula is C15H11BO7. The van der Waals surface area contributed by atoms with E-state index in [1.807, 2.05) is 0 Å². The van der Waals surface area contributed by atoms with Gasteiger partial charge in [-0.3, -0.25) is 4.79 Å². The molecule has 0 atom stereocenters. The van der Waals surface area contributed by atoms with Gasteiger partial charge in [0, 0.05) is 17.7 Å². The monoisotopic (exact) mass is 314 g/mol. The van der Waals surface area contributed by atoms with Crippen LogP contribution in [0.2, 0.25) is 0 Å². The van der Waals surface area contributed by atoms with E-state index in [2.05, 4.69) is 0 Å². The van der Waals surface area contributed by atoms with Crippen LogP contribution in [0.15, 0.2) is 45.6 Å². The van der Waals surface area contributed by atoms with Gasteiger partial charge in [-0.25, -0.2) is 0 Å². The fourth-order valence-electron chi connectivity index (χ4n) is 2.34. The number of phenols is 3. The lowest BCUT2D eigenvalue weighted by Crippen LogP contribution is -2.31.